The Morgan fingerprint density at radius 3 is 2.44 bits per heavy atom. The molecule has 0 fully saturated rings. The van der Waals surface area contributed by atoms with Crippen molar-refractivity contribution in [1.29, 1.82) is 0 Å². The molecule has 0 aromatic rings. The van der Waals surface area contributed by atoms with Crippen LogP contribution >= 0.6 is 0 Å². The van der Waals surface area contributed by atoms with Crippen LogP contribution in [-0.4, -0.2) is 58.9 Å². The fourth-order valence-corrected chi connectivity index (χ4v) is 3.36. The van der Waals surface area contributed by atoms with Gasteiger partial charge in [0, 0.05) is 20.2 Å². The van der Waals surface area contributed by atoms with Crippen LogP contribution in [0, 0.1) is 5.92 Å². The van der Waals surface area contributed by atoms with Crippen molar-refractivity contribution >= 4 is 10.0 Å². The second-order valence-electron chi connectivity index (χ2n) is 4.87. The lowest BCUT2D eigenvalue weighted by atomic mass is 10.2. The van der Waals surface area contributed by atoms with Crippen molar-refractivity contribution in [2.75, 3.05) is 46.2 Å². The molecule has 0 bridgehead atoms. The first-order valence-electron chi connectivity index (χ1n) is 6.55. The summed E-state index contributed by atoms with van der Waals surface area (Å²) in [5.41, 5.74) is 0. The third kappa shape index (κ3) is 8.02. The molecule has 0 amide bonds. The zero-order valence-corrected chi connectivity index (χ0v) is 12.9. The topological polar surface area (TPSA) is 58.6 Å². The number of hydrogen-bond acceptors (Lipinski definition) is 4. The molecule has 18 heavy (non-hydrogen) atoms. The van der Waals surface area contributed by atoms with Crippen LogP contribution in [-0.2, 0) is 14.8 Å². The van der Waals surface area contributed by atoms with Gasteiger partial charge in [0.15, 0.2) is 0 Å². The summed E-state index contributed by atoms with van der Waals surface area (Å²) < 4.78 is 30.9. The summed E-state index contributed by atoms with van der Waals surface area (Å²) in [7, 11) is 0.319. The Morgan fingerprint density at radius 1 is 1.28 bits per heavy atom. The van der Waals surface area contributed by atoms with Gasteiger partial charge in [-0.05, 0) is 32.4 Å². The lowest BCUT2D eigenvalue weighted by Gasteiger charge is -2.23. The third-order valence-electron chi connectivity index (χ3n) is 2.59. The molecule has 0 aliphatic rings. The summed E-state index contributed by atoms with van der Waals surface area (Å²) in [5, 5.41) is 3.02. The van der Waals surface area contributed by atoms with Crippen LogP contribution in [0.5, 0.6) is 0 Å². The SMILES string of the molecule is CNCCCCS(=O)(=O)N(CCOC)CC(C)C. The molecule has 0 saturated carbocycles. The van der Waals surface area contributed by atoms with E-state index in [-0.39, 0.29) is 5.75 Å². The molecule has 1 N–H and O–H groups in total. The van der Waals surface area contributed by atoms with E-state index >= 15 is 0 Å². The standard InChI is InChI=1S/C12H28N2O3S/c1-12(2)11-14(8-9-17-4)18(15,16)10-6-5-7-13-3/h12-13H,5-11H2,1-4H3. The zero-order chi connectivity index (χ0) is 14.0. The molecule has 0 aliphatic heterocycles. The Hall–Kier alpha value is -0.170. The highest BCUT2D eigenvalue weighted by Crippen LogP contribution is 2.08. The quantitative estimate of drug-likeness (QED) is 0.572. The number of nitrogens with one attached hydrogen (secondary N) is 1. The minimum Gasteiger partial charge on any atom is -0.383 e. The van der Waals surface area contributed by atoms with Gasteiger partial charge >= 0.3 is 0 Å². The van der Waals surface area contributed by atoms with Gasteiger partial charge in [0.1, 0.15) is 0 Å². The van der Waals surface area contributed by atoms with E-state index in [2.05, 4.69) is 5.32 Å². The van der Waals surface area contributed by atoms with Gasteiger partial charge in [0.25, 0.3) is 0 Å². The maximum atomic E-state index is 12.2. The van der Waals surface area contributed by atoms with Gasteiger partial charge in [-0.1, -0.05) is 13.8 Å². The monoisotopic (exact) mass is 280 g/mol. The summed E-state index contributed by atoms with van der Waals surface area (Å²) in [6.07, 6.45) is 1.58. The van der Waals surface area contributed by atoms with E-state index < -0.39 is 10.0 Å². The van der Waals surface area contributed by atoms with Crippen LogP contribution in [0.3, 0.4) is 0 Å². The van der Waals surface area contributed by atoms with Gasteiger partial charge in [-0.2, -0.15) is 4.31 Å². The number of unbranched alkanes of at least 4 members (excludes halogenated alkanes) is 1. The molecule has 0 aromatic carbocycles. The summed E-state index contributed by atoms with van der Waals surface area (Å²) in [5.74, 6) is 0.555. The van der Waals surface area contributed by atoms with Crippen LogP contribution in [0.25, 0.3) is 0 Å². The highest BCUT2D eigenvalue weighted by atomic mass is 32.2. The molecule has 6 heteroatoms. The number of ether oxygens (including phenoxy) is 1. The van der Waals surface area contributed by atoms with Crippen LogP contribution < -0.4 is 5.32 Å². The first-order valence-corrected chi connectivity index (χ1v) is 8.16. The van der Waals surface area contributed by atoms with Crippen LogP contribution in [0.4, 0.5) is 0 Å². The molecule has 5 nitrogen and oxygen atoms in total. The highest BCUT2D eigenvalue weighted by molar-refractivity contribution is 7.89. The van der Waals surface area contributed by atoms with Gasteiger partial charge in [0.05, 0.1) is 12.4 Å². The summed E-state index contributed by atoms with van der Waals surface area (Å²) in [6, 6.07) is 0. The van der Waals surface area contributed by atoms with Gasteiger partial charge in [-0.3, -0.25) is 0 Å². The van der Waals surface area contributed by atoms with Crippen LogP contribution in [0.1, 0.15) is 26.7 Å². The second-order valence-corrected chi connectivity index (χ2v) is 6.96. The third-order valence-corrected chi connectivity index (χ3v) is 4.51. The number of rotatable bonds is 11. The van der Waals surface area contributed by atoms with Crippen molar-refractivity contribution in [2.24, 2.45) is 5.92 Å². The molecule has 0 aliphatic carbocycles. The lowest BCUT2D eigenvalue weighted by molar-refractivity contribution is 0.175. The average Bonchev–Trinajstić information content (AvgIpc) is 2.29. The molecular weight excluding hydrogens is 252 g/mol. The van der Waals surface area contributed by atoms with Crippen LogP contribution in [0.2, 0.25) is 0 Å². The van der Waals surface area contributed by atoms with Crippen molar-refractivity contribution in [3.8, 4) is 0 Å². The Balaban J connectivity index is 4.34. The van der Waals surface area contributed by atoms with Crippen molar-refractivity contribution in [1.82, 2.24) is 9.62 Å². The number of sulfonamides is 1. The van der Waals surface area contributed by atoms with Crippen molar-refractivity contribution < 1.29 is 13.2 Å². The van der Waals surface area contributed by atoms with Gasteiger partial charge in [0.2, 0.25) is 10.0 Å². The Labute approximate surface area is 112 Å². The van der Waals surface area contributed by atoms with Gasteiger partial charge in [-0.15, -0.1) is 0 Å². The molecule has 0 rings (SSSR count). The molecule has 0 atom stereocenters. The molecule has 0 radical (unpaired) electrons. The smallest absolute Gasteiger partial charge is 0.214 e. The molecule has 0 saturated heterocycles. The fraction of sp³-hybridized carbons (Fsp3) is 1.00. The van der Waals surface area contributed by atoms with Crippen molar-refractivity contribution in [3.63, 3.8) is 0 Å². The number of methoxy groups -OCH3 is 1. The molecule has 0 spiro atoms. The number of hydrogen-bond donors (Lipinski definition) is 1. The first kappa shape index (κ1) is 17.8. The van der Waals surface area contributed by atoms with E-state index in [1.54, 1.807) is 11.4 Å². The minimum absolute atomic E-state index is 0.227. The maximum Gasteiger partial charge on any atom is 0.214 e. The average molecular weight is 280 g/mol. The van der Waals surface area contributed by atoms with E-state index in [1.165, 1.54) is 0 Å². The zero-order valence-electron chi connectivity index (χ0n) is 12.1. The van der Waals surface area contributed by atoms with Crippen LogP contribution in [0.15, 0.2) is 0 Å². The van der Waals surface area contributed by atoms with Crippen molar-refractivity contribution in [3.05, 3.63) is 0 Å². The molecule has 110 valence electrons. The first-order chi connectivity index (χ1) is 8.44. The molecule has 0 heterocycles. The lowest BCUT2D eigenvalue weighted by Crippen LogP contribution is -2.38. The summed E-state index contributed by atoms with van der Waals surface area (Å²) >= 11 is 0. The Morgan fingerprint density at radius 2 is 1.94 bits per heavy atom. The summed E-state index contributed by atoms with van der Waals surface area (Å²) in [6.45, 7) is 6.37. The Kier molecular flexibility index (Phi) is 9.63. The van der Waals surface area contributed by atoms with Gasteiger partial charge < -0.3 is 10.1 Å². The van der Waals surface area contributed by atoms with E-state index in [0.29, 0.717) is 32.0 Å². The summed E-state index contributed by atoms with van der Waals surface area (Å²) in [4.78, 5) is 0. The molecule has 0 unspecified atom stereocenters. The van der Waals surface area contributed by atoms with E-state index in [0.717, 1.165) is 13.0 Å². The normalized spacial score (nSPS) is 12.6. The van der Waals surface area contributed by atoms with Gasteiger partial charge in [-0.25, -0.2) is 8.42 Å². The molecule has 0 aromatic heterocycles. The predicted molar refractivity (Wildman–Crippen MR) is 75.2 cm³/mol. The fourth-order valence-electron chi connectivity index (χ4n) is 1.66. The second kappa shape index (κ2) is 9.72. The highest BCUT2D eigenvalue weighted by Gasteiger charge is 2.21. The van der Waals surface area contributed by atoms with E-state index in [4.69, 9.17) is 4.74 Å². The van der Waals surface area contributed by atoms with E-state index in [9.17, 15) is 8.42 Å². The Bertz CT molecular complexity index is 292. The number of nitrogens with zero attached hydrogens (tertiary/aromatic N) is 1. The van der Waals surface area contributed by atoms with Crippen molar-refractivity contribution in [2.45, 2.75) is 26.7 Å². The largest absolute Gasteiger partial charge is 0.383 e. The maximum absolute atomic E-state index is 12.2. The predicted octanol–water partition coefficient (Wildman–Crippen LogP) is 0.920. The van der Waals surface area contributed by atoms with E-state index in [1.807, 2.05) is 20.9 Å². The minimum atomic E-state index is -3.14. The molecular formula is C12H28N2O3S.